The maximum absolute atomic E-state index is 12.4. The van der Waals surface area contributed by atoms with E-state index in [9.17, 15) is 9.59 Å². The van der Waals surface area contributed by atoms with Crippen LogP contribution >= 0.6 is 23.8 Å². The number of rotatable bonds is 2. The molecule has 7 heteroatoms. The molecule has 0 saturated heterocycles. The minimum absolute atomic E-state index is 0.110. The molecule has 2 aromatic carbocycles. The van der Waals surface area contributed by atoms with Gasteiger partial charge in [-0.25, -0.2) is 0 Å². The zero-order chi connectivity index (χ0) is 15.7. The summed E-state index contributed by atoms with van der Waals surface area (Å²) >= 11 is 11.0. The van der Waals surface area contributed by atoms with Crippen LogP contribution < -0.4 is 11.0 Å². The summed E-state index contributed by atoms with van der Waals surface area (Å²) in [7, 11) is 0. The maximum Gasteiger partial charge on any atom is 0.281 e. The monoisotopic (exact) mass is 331 g/mol. The van der Waals surface area contributed by atoms with E-state index < -0.39 is 11.5 Å². The van der Waals surface area contributed by atoms with E-state index in [1.54, 1.807) is 42.5 Å². The second-order valence-corrected chi connectivity index (χ2v) is 5.39. The molecule has 0 aliphatic rings. The number of halogens is 1. The number of hydrogen-bond acceptors (Lipinski definition) is 3. The fourth-order valence-corrected chi connectivity index (χ4v) is 2.49. The van der Waals surface area contributed by atoms with Gasteiger partial charge in [0.05, 0.1) is 10.9 Å². The van der Waals surface area contributed by atoms with E-state index in [1.807, 2.05) is 0 Å². The summed E-state index contributed by atoms with van der Waals surface area (Å²) in [4.78, 5) is 27.5. The maximum atomic E-state index is 12.4. The summed E-state index contributed by atoms with van der Waals surface area (Å²) in [6.45, 7) is 0. The number of carbonyl (C=O) groups is 1. The van der Waals surface area contributed by atoms with Crippen LogP contribution in [0.25, 0.3) is 10.9 Å². The van der Waals surface area contributed by atoms with Crippen LogP contribution in [0.4, 0.5) is 0 Å². The Bertz CT molecular complexity index is 994. The molecule has 0 saturated carbocycles. The van der Waals surface area contributed by atoms with E-state index in [1.165, 1.54) is 6.07 Å². The number of aromatic nitrogens is 2. The van der Waals surface area contributed by atoms with Gasteiger partial charge in [0, 0.05) is 10.6 Å². The third-order valence-corrected chi connectivity index (χ3v) is 3.63. The highest BCUT2D eigenvalue weighted by molar-refractivity contribution is 7.71. The van der Waals surface area contributed by atoms with E-state index in [0.29, 0.717) is 21.5 Å². The number of amides is 1. The van der Waals surface area contributed by atoms with Gasteiger partial charge >= 0.3 is 0 Å². The molecule has 0 aliphatic heterocycles. The molecule has 1 amide bonds. The first kappa shape index (κ1) is 14.5. The van der Waals surface area contributed by atoms with Crippen LogP contribution in [0.15, 0.2) is 53.3 Å². The van der Waals surface area contributed by atoms with Gasteiger partial charge < -0.3 is 4.98 Å². The standard InChI is InChI=1S/C15H10ClN3O2S/c16-10-5-3-4-9(8-10)13(20)18-19-14(21)11-6-1-2-7-12(11)17-15(19)22/h1-8H,(H,17,22)(H,18,20). The molecule has 0 atom stereocenters. The van der Waals surface area contributed by atoms with Crippen LogP contribution in [0.1, 0.15) is 10.4 Å². The Morgan fingerprint density at radius 1 is 1.18 bits per heavy atom. The molecular weight excluding hydrogens is 322 g/mol. The highest BCUT2D eigenvalue weighted by Crippen LogP contribution is 2.11. The Morgan fingerprint density at radius 2 is 1.95 bits per heavy atom. The first-order valence-electron chi connectivity index (χ1n) is 6.37. The first-order valence-corrected chi connectivity index (χ1v) is 7.16. The topological polar surface area (TPSA) is 66.9 Å². The molecule has 22 heavy (non-hydrogen) atoms. The average Bonchev–Trinajstić information content (AvgIpc) is 2.51. The van der Waals surface area contributed by atoms with E-state index in [4.69, 9.17) is 23.8 Å². The highest BCUT2D eigenvalue weighted by Gasteiger charge is 2.10. The van der Waals surface area contributed by atoms with Crippen LogP contribution in [0.5, 0.6) is 0 Å². The predicted molar refractivity (Wildman–Crippen MR) is 88.5 cm³/mol. The third kappa shape index (κ3) is 2.66. The smallest absolute Gasteiger partial charge is 0.281 e. The van der Waals surface area contributed by atoms with Crippen molar-refractivity contribution in [2.45, 2.75) is 0 Å². The minimum Gasteiger partial charge on any atom is -0.330 e. The molecule has 0 spiro atoms. The van der Waals surface area contributed by atoms with Crippen molar-refractivity contribution in [3.8, 4) is 0 Å². The van der Waals surface area contributed by atoms with Crippen molar-refractivity contribution in [2.75, 3.05) is 5.43 Å². The molecule has 1 aromatic heterocycles. The lowest BCUT2D eigenvalue weighted by molar-refractivity contribution is 0.101. The van der Waals surface area contributed by atoms with Gasteiger partial charge in [-0.15, -0.1) is 0 Å². The normalized spacial score (nSPS) is 10.6. The number of hydrogen-bond donors (Lipinski definition) is 2. The molecule has 1 heterocycles. The van der Waals surface area contributed by atoms with Crippen molar-refractivity contribution in [1.82, 2.24) is 9.66 Å². The first-order chi connectivity index (χ1) is 10.6. The number of para-hydroxylation sites is 1. The van der Waals surface area contributed by atoms with Crippen LogP contribution in [-0.2, 0) is 0 Å². The largest absolute Gasteiger partial charge is 0.330 e. The number of H-pyrrole nitrogens is 1. The van der Waals surface area contributed by atoms with Gasteiger partial charge in [-0.3, -0.25) is 15.0 Å². The molecule has 5 nitrogen and oxygen atoms in total. The Balaban J connectivity index is 2.06. The zero-order valence-electron chi connectivity index (χ0n) is 11.2. The van der Waals surface area contributed by atoms with Crippen molar-refractivity contribution in [3.05, 3.63) is 74.2 Å². The Labute approximate surface area is 135 Å². The molecule has 2 N–H and O–H groups in total. The second kappa shape index (κ2) is 5.75. The van der Waals surface area contributed by atoms with Crippen molar-refractivity contribution >= 4 is 40.6 Å². The lowest BCUT2D eigenvalue weighted by Crippen LogP contribution is -2.34. The second-order valence-electron chi connectivity index (χ2n) is 4.57. The van der Waals surface area contributed by atoms with E-state index >= 15 is 0 Å². The van der Waals surface area contributed by atoms with Gasteiger partial charge in [0.15, 0.2) is 4.77 Å². The fraction of sp³-hybridized carbons (Fsp3) is 0. The summed E-state index contributed by atoms with van der Waals surface area (Å²) in [6.07, 6.45) is 0. The van der Waals surface area contributed by atoms with Crippen LogP contribution in [0, 0.1) is 4.77 Å². The summed E-state index contributed by atoms with van der Waals surface area (Å²) in [5.41, 5.74) is 3.04. The number of nitrogens with zero attached hydrogens (tertiary/aromatic N) is 1. The van der Waals surface area contributed by atoms with Gasteiger partial charge in [0.1, 0.15) is 0 Å². The van der Waals surface area contributed by atoms with Gasteiger partial charge in [-0.2, -0.15) is 4.68 Å². The van der Waals surface area contributed by atoms with Crippen LogP contribution in [-0.4, -0.2) is 15.6 Å². The third-order valence-electron chi connectivity index (χ3n) is 3.11. The molecule has 0 bridgehead atoms. The average molecular weight is 332 g/mol. The zero-order valence-corrected chi connectivity index (χ0v) is 12.7. The number of aromatic amines is 1. The SMILES string of the molecule is O=C(Nn1c(=S)[nH]c2ccccc2c1=O)c1cccc(Cl)c1. The quantitative estimate of drug-likeness (QED) is 0.709. The molecular formula is C15H10ClN3O2S. The number of nitrogens with one attached hydrogen (secondary N) is 2. The van der Waals surface area contributed by atoms with Gasteiger partial charge in [-0.05, 0) is 42.5 Å². The lowest BCUT2D eigenvalue weighted by Gasteiger charge is -2.09. The van der Waals surface area contributed by atoms with E-state index in [2.05, 4.69) is 10.4 Å². The molecule has 0 fully saturated rings. The number of fused-ring (bicyclic) bond motifs is 1. The Morgan fingerprint density at radius 3 is 2.73 bits per heavy atom. The number of carbonyl (C=O) groups excluding carboxylic acids is 1. The van der Waals surface area contributed by atoms with E-state index in [0.717, 1.165) is 4.68 Å². The molecule has 110 valence electrons. The summed E-state index contributed by atoms with van der Waals surface area (Å²) in [5, 5.41) is 0.867. The molecule has 0 aliphatic carbocycles. The van der Waals surface area contributed by atoms with Gasteiger partial charge in [0.2, 0.25) is 0 Å². The lowest BCUT2D eigenvalue weighted by atomic mass is 10.2. The summed E-state index contributed by atoms with van der Waals surface area (Å²) in [6, 6.07) is 13.4. The predicted octanol–water partition coefficient (Wildman–Crippen LogP) is 3.10. The van der Waals surface area contributed by atoms with Crippen molar-refractivity contribution < 1.29 is 4.79 Å². The van der Waals surface area contributed by atoms with E-state index in [-0.39, 0.29) is 4.77 Å². The molecule has 3 aromatic rings. The van der Waals surface area contributed by atoms with Crippen molar-refractivity contribution in [2.24, 2.45) is 0 Å². The summed E-state index contributed by atoms with van der Waals surface area (Å²) < 4.78 is 1.13. The Hall–Kier alpha value is -2.44. The van der Waals surface area contributed by atoms with Crippen LogP contribution in [0.2, 0.25) is 5.02 Å². The minimum atomic E-state index is -0.473. The van der Waals surface area contributed by atoms with Gasteiger partial charge in [0.25, 0.3) is 11.5 Å². The van der Waals surface area contributed by atoms with Crippen LogP contribution in [0.3, 0.4) is 0 Å². The summed E-state index contributed by atoms with van der Waals surface area (Å²) in [5.74, 6) is -0.473. The Kier molecular flexibility index (Phi) is 3.79. The molecule has 0 radical (unpaired) electrons. The van der Waals surface area contributed by atoms with Crippen molar-refractivity contribution in [1.29, 1.82) is 0 Å². The molecule has 0 unspecified atom stereocenters. The van der Waals surface area contributed by atoms with Gasteiger partial charge in [-0.1, -0.05) is 29.8 Å². The fourth-order valence-electron chi connectivity index (χ4n) is 2.06. The molecule has 3 rings (SSSR count). The van der Waals surface area contributed by atoms with Crippen molar-refractivity contribution in [3.63, 3.8) is 0 Å². The number of benzene rings is 2. The highest BCUT2D eigenvalue weighted by atomic mass is 35.5.